The summed E-state index contributed by atoms with van der Waals surface area (Å²) in [5.41, 5.74) is 7.94. The third-order valence-electron chi connectivity index (χ3n) is 6.75. The van der Waals surface area contributed by atoms with Crippen LogP contribution in [0.2, 0.25) is 0 Å². The molecule has 0 radical (unpaired) electrons. The molecule has 2 amide bonds. The molecule has 2 aliphatic carbocycles. The molecule has 4 rings (SSSR count). The zero-order valence-electron chi connectivity index (χ0n) is 18.6. The number of ether oxygens (including phenoxy) is 2. The Kier molecular flexibility index (Phi) is 6.37. The van der Waals surface area contributed by atoms with Crippen LogP contribution in [0.15, 0.2) is 42.5 Å². The number of nitrogens with one attached hydrogen (secondary N) is 2. The van der Waals surface area contributed by atoms with Gasteiger partial charge >= 0.3 is 0 Å². The van der Waals surface area contributed by atoms with Crippen LogP contribution in [0.4, 0.5) is 5.69 Å². The number of anilines is 1. The van der Waals surface area contributed by atoms with Gasteiger partial charge in [-0.05, 0) is 48.9 Å². The lowest BCUT2D eigenvalue weighted by atomic mass is 9.79. The van der Waals surface area contributed by atoms with Crippen molar-refractivity contribution < 1.29 is 19.1 Å². The van der Waals surface area contributed by atoms with Crippen molar-refractivity contribution in [1.29, 1.82) is 0 Å². The predicted octanol–water partition coefficient (Wildman–Crippen LogP) is 3.65. The minimum Gasteiger partial charge on any atom is -0.493 e. The molecular weight excluding hydrogens is 406 g/mol. The maximum Gasteiger partial charge on any atom is 0.250 e. The van der Waals surface area contributed by atoms with Gasteiger partial charge in [0.2, 0.25) is 11.8 Å². The van der Waals surface area contributed by atoms with Crippen molar-refractivity contribution in [2.24, 2.45) is 5.73 Å². The second-order valence-electron chi connectivity index (χ2n) is 8.67. The van der Waals surface area contributed by atoms with Crippen LogP contribution in [0.5, 0.6) is 11.5 Å². The van der Waals surface area contributed by atoms with Gasteiger partial charge < -0.3 is 25.8 Å². The number of nitrogens with two attached hydrogens (primary N) is 1. The van der Waals surface area contributed by atoms with E-state index in [4.69, 9.17) is 15.2 Å². The summed E-state index contributed by atoms with van der Waals surface area (Å²) >= 11 is 0. The van der Waals surface area contributed by atoms with Crippen LogP contribution in [0.3, 0.4) is 0 Å². The first-order valence-corrected chi connectivity index (χ1v) is 11.2. The van der Waals surface area contributed by atoms with Crippen molar-refractivity contribution in [3.8, 4) is 11.5 Å². The number of hydrogen-bond acceptors (Lipinski definition) is 5. The normalized spacial score (nSPS) is 21.3. The highest BCUT2D eigenvalue weighted by Gasteiger charge is 2.44. The molecule has 2 aliphatic rings. The van der Waals surface area contributed by atoms with E-state index < -0.39 is 5.54 Å². The van der Waals surface area contributed by atoms with Crippen LogP contribution < -0.4 is 25.8 Å². The largest absolute Gasteiger partial charge is 0.493 e. The van der Waals surface area contributed by atoms with Crippen LogP contribution in [0.1, 0.15) is 61.6 Å². The summed E-state index contributed by atoms with van der Waals surface area (Å²) in [6, 6.07) is 13.0. The van der Waals surface area contributed by atoms with Gasteiger partial charge in [-0.1, -0.05) is 37.1 Å². The molecule has 0 spiro atoms. The fraction of sp³-hybridized carbons (Fsp3) is 0.440. The summed E-state index contributed by atoms with van der Waals surface area (Å²) in [7, 11) is 3.12. The summed E-state index contributed by atoms with van der Waals surface area (Å²) in [5.74, 6) is 0.524. The topological polar surface area (TPSA) is 103 Å². The summed E-state index contributed by atoms with van der Waals surface area (Å²) in [6.07, 6.45) is 4.45. The van der Waals surface area contributed by atoms with E-state index in [0.29, 0.717) is 36.4 Å². The number of fused-ring (bicyclic) bond motifs is 1. The first kappa shape index (κ1) is 22.1. The molecule has 1 fully saturated rings. The highest BCUT2D eigenvalue weighted by molar-refractivity contribution is 6.01. The van der Waals surface area contributed by atoms with E-state index in [1.807, 2.05) is 24.3 Å². The van der Waals surface area contributed by atoms with Gasteiger partial charge in [-0.25, -0.2) is 0 Å². The third-order valence-corrected chi connectivity index (χ3v) is 6.75. The van der Waals surface area contributed by atoms with Crippen LogP contribution in [0.25, 0.3) is 0 Å². The Morgan fingerprint density at radius 3 is 2.34 bits per heavy atom. The van der Waals surface area contributed by atoms with Crippen molar-refractivity contribution in [2.45, 2.75) is 56.0 Å². The molecule has 1 saturated carbocycles. The van der Waals surface area contributed by atoms with E-state index in [1.54, 1.807) is 32.4 Å². The van der Waals surface area contributed by atoms with Gasteiger partial charge in [0.25, 0.3) is 0 Å². The van der Waals surface area contributed by atoms with Crippen LogP contribution in [0, 0.1) is 0 Å². The lowest BCUT2D eigenvalue weighted by Crippen LogP contribution is -2.56. The zero-order valence-corrected chi connectivity index (χ0v) is 18.6. The van der Waals surface area contributed by atoms with Gasteiger partial charge in [-0.3, -0.25) is 9.59 Å². The zero-order chi connectivity index (χ0) is 22.7. The highest BCUT2D eigenvalue weighted by atomic mass is 16.5. The summed E-state index contributed by atoms with van der Waals surface area (Å²) in [6.45, 7) is 0. The molecule has 7 nitrogen and oxygen atoms in total. The van der Waals surface area contributed by atoms with E-state index >= 15 is 0 Å². The third kappa shape index (κ3) is 4.17. The number of rotatable bonds is 6. The maximum atomic E-state index is 13.4. The average molecular weight is 438 g/mol. The molecule has 2 unspecified atom stereocenters. The van der Waals surface area contributed by atoms with E-state index in [0.717, 1.165) is 30.4 Å². The second-order valence-corrected chi connectivity index (χ2v) is 8.67. The van der Waals surface area contributed by atoms with Crippen molar-refractivity contribution >= 4 is 17.5 Å². The van der Waals surface area contributed by atoms with Gasteiger partial charge in [0.1, 0.15) is 5.54 Å². The predicted molar refractivity (Wildman–Crippen MR) is 123 cm³/mol. The van der Waals surface area contributed by atoms with Gasteiger partial charge in [0.05, 0.1) is 20.1 Å². The molecule has 2 aromatic carbocycles. The van der Waals surface area contributed by atoms with E-state index in [-0.39, 0.29) is 23.8 Å². The van der Waals surface area contributed by atoms with Gasteiger partial charge in [-0.2, -0.15) is 0 Å². The van der Waals surface area contributed by atoms with Crippen LogP contribution in [-0.2, 0) is 9.59 Å². The van der Waals surface area contributed by atoms with E-state index in [9.17, 15) is 9.59 Å². The Labute approximate surface area is 188 Å². The van der Waals surface area contributed by atoms with Crippen LogP contribution in [-0.4, -0.2) is 31.6 Å². The van der Waals surface area contributed by atoms with Crippen molar-refractivity contribution in [3.05, 3.63) is 53.6 Å². The molecule has 170 valence electrons. The summed E-state index contributed by atoms with van der Waals surface area (Å²) in [4.78, 5) is 26.8. The number of hydrogen-bond donors (Lipinski definition) is 3. The first-order chi connectivity index (χ1) is 15.5. The second kappa shape index (κ2) is 9.20. The quantitative estimate of drug-likeness (QED) is 0.640. The minimum absolute atomic E-state index is 0.0518. The van der Waals surface area contributed by atoms with E-state index in [1.165, 1.54) is 0 Å². The summed E-state index contributed by atoms with van der Waals surface area (Å²) in [5, 5.41) is 6.12. The number of amides is 2. The van der Waals surface area contributed by atoms with Gasteiger partial charge in [-0.15, -0.1) is 0 Å². The Bertz CT molecular complexity index is 1000. The Hall–Kier alpha value is -3.06. The molecule has 32 heavy (non-hydrogen) atoms. The molecule has 4 N–H and O–H groups in total. The Morgan fingerprint density at radius 1 is 0.969 bits per heavy atom. The monoisotopic (exact) mass is 437 g/mol. The highest BCUT2D eigenvalue weighted by Crippen LogP contribution is 2.38. The molecule has 2 atom stereocenters. The SMILES string of the molecule is COc1ccc(NC(=O)C2(NC(=O)C3CCC(N)c4ccccc43)CCCC2)cc1OC. The van der Waals surface area contributed by atoms with Crippen molar-refractivity contribution in [2.75, 3.05) is 19.5 Å². The molecular formula is C25H31N3O4. The fourth-order valence-corrected chi connectivity index (χ4v) is 4.97. The number of carbonyl (C=O) groups excluding carboxylic acids is 2. The molecule has 0 aromatic heterocycles. The average Bonchev–Trinajstić information content (AvgIpc) is 3.29. The van der Waals surface area contributed by atoms with Crippen LogP contribution >= 0.6 is 0 Å². The molecule has 2 aromatic rings. The van der Waals surface area contributed by atoms with Crippen molar-refractivity contribution in [3.63, 3.8) is 0 Å². The lowest BCUT2D eigenvalue weighted by Gasteiger charge is -2.34. The van der Waals surface area contributed by atoms with Crippen molar-refractivity contribution in [1.82, 2.24) is 5.32 Å². The standard InChI is InChI=1S/C25H31N3O4/c1-31-21-12-9-16(15-22(21)32-2)27-24(30)25(13-5-6-14-25)28-23(29)19-10-11-20(26)18-8-4-3-7-17(18)19/h3-4,7-9,12,15,19-20H,5-6,10-11,13-14,26H2,1-2H3,(H,27,30)(H,28,29). The Balaban J connectivity index is 1.54. The first-order valence-electron chi connectivity index (χ1n) is 11.2. The minimum atomic E-state index is -0.918. The number of methoxy groups -OCH3 is 2. The van der Waals surface area contributed by atoms with E-state index in [2.05, 4.69) is 10.6 Å². The number of carbonyl (C=O) groups is 2. The molecule has 0 bridgehead atoms. The fourth-order valence-electron chi connectivity index (χ4n) is 4.97. The Morgan fingerprint density at radius 2 is 1.66 bits per heavy atom. The lowest BCUT2D eigenvalue weighted by molar-refractivity contribution is -0.131. The van der Waals surface area contributed by atoms with Gasteiger partial charge in [0, 0.05) is 17.8 Å². The number of benzene rings is 2. The molecule has 0 aliphatic heterocycles. The van der Waals surface area contributed by atoms with Gasteiger partial charge in [0.15, 0.2) is 11.5 Å². The molecule has 0 saturated heterocycles. The molecule has 0 heterocycles. The molecule has 7 heteroatoms. The maximum absolute atomic E-state index is 13.4. The smallest absolute Gasteiger partial charge is 0.250 e. The summed E-state index contributed by atoms with van der Waals surface area (Å²) < 4.78 is 10.6.